The maximum absolute atomic E-state index is 13.1. The molecule has 2 heterocycles. The van der Waals surface area contributed by atoms with Crippen molar-refractivity contribution in [2.45, 2.75) is 0 Å². The molecule has 0 radical (unpaired) electrons. The fourth-order valence-electron chi connectivity index (χ4n) is 1.41. The molecule has 0 aliphatic heterocycles. The van der Waals surface area contributed by atoms with Gasteiger partial charge in [-0.15, -0.1) is 5.10 Å². The van der Waals surface area contributed by atoms with E-state index in [1.807, 2.05) is 0 Å². The van der Waals surface area contributed by atoms with Crippen molar-refractivity contribution in [3.05, 3.63) is 51.1 Å². The number of benzene rings is 1. The lowest BCUT2D eigenvalue weighted by atomic mass is 10.3. The Labute approximate surface area is 118 Å². The second kappa shape index (κ2) is 4.71. The number of hydrogen-bond acceptors (Lipinski definition) is 5. The molecule has 0 atom stereocenters. The zero-order valence-electron chi connectivity index (χ0n) is 9.21. The van der Waals surface area contributed by atoms with Crippen molar-refractivity contribution in [3.63, 3.8) is 0 Å². The molecule has 5 nitrogen and oxygen atoms in total. The largest absolute Gasteiger partial charge is 0.430 e. The summed E-state index contributed by atoms with van der Waals surface area (Å²) < 4.78 is 20.0. The molecule has 96 valence electrons. The van der Waals surface area contributed by atoms with Crippen LogP contribution in [0.4, 0.5) is 4.39 Å². The van der Waals surface area contributed by atoms with Gasteiger partial charge in [0.15, 0.2) is 0 Å². The van der Waals surface area contributed by atoms with Gasteiger partial charge in [0.05, 0.1) is 4.47 Å². The Morgan fingerprint density at radius 2 is 2.21 bits per heavy atom. The third-order valence-electron chi connectivity index (χ3n) is 2.25. The lowest BCUT2D eigenvalue weighted by molar-refractivity contribution is 0.467. The highest BCUT2D eigenvalue weighted by molar-refractivity contribution is 9.10. The Hall–Kier alpha value is -1.80. The maximum atomic E-state index is 13.1. The predicted molar refractivity (Wildman–Crippen MR) is 71.3 cm³/mol. The third kappa shape index (κ3) is 2.36. The first-order valence-electron chi connectivity index (χ1n) is 5.11. The van der Waals surface area contributed by atoms with Gasteiger partial charge in [-0.05, 0) is 45.5 Å². The fraction of sp³-hybridized carbons (Fsp3) is 0. The van der Waals surface area contributed by atoms with Crippen molar-refractivity contribution in [2.75, 3.05) is 0 Å². The minimum Gasteiger partial charge on any atom is -0.430 e. The van der Waals surface area contributed by atoms with Crippen LogP contribution in [0.25, 0.3) is 4.96 Å². The van der Waals surface area contributed by atoms with E-state index in [4.69, 9.17) is 4.74 Å². The van der Waals surface area contributed by atoms with E-state index >= 15 is 0 Å². The molecule has 2 aromatic heterocycles. The number of fused-ring (bicyclic) bond motifs is 1. The van der Waals surface area contributed by atoms with Crippen molar-refractivity contribution < 1.29 is 9.13 Å². The number of halogens is 2. The first kappa shape index (κ1) is 12.2. The van der Waals surface area contributed by atoms with Crippen molar-refractivity contribution in [1.29, 1.82) is 0 Å². The van der Waals surface area contributed by atoms with Crippen LogP contribution in [0.1, 0.15) is 0 Å². The van der Waals surface area contributed by atoms with Crippen molar-refractivity contribution >= 4 is 32.2 Å². The van der Waals surface area contributed by atoms with Gasteiger partial charge in [-0.2, -0.15) is 4.52 Å². The summed E-state index contributed by atoms with van der Waals surface area (Å²) in [6, 6.07) is 5.54. The van der Waals surface area contributed by atoms with E-state index in [0.29, 0.717) is 15.2 Å². The minimum atomic E-state index is -0.380. The standard InChI is InChI=1S/C11H5BrFN3O2S/c12-7-5-6(1-2-8(7)13)18-11-15-16-9(17)3-4-14-10(16)19-11/h1-5H. The van der Waals surface area contributed by atoms with Crippen molar-refractivity contribution in [1.82, 2.24) is 14.6 Å². The molecule has 0 bridgehead atoms. The Balaban J connectivity index is 1.99. The van der Waals surface area contributed by atoms with Gasteiger partial charge >= 0.3 is 0 Å². The normalized spacial score (nSPS) is 10.8. The van der Waals surface area contributed by atoms with Gasteiger partial charge in [-0.3, -0.25) is 4.79 Å². The molecule has 0 aliphatic carbocycles. The lowest BCUT2D eigenvalue weighted by Gasteiger charge is -2.01. The highest BCUT2D eigenvalue weighted by atomic mass is 79.9. The zero-order valence-corrected chi connectivity index (χ0v) is 11.6. The Morgan fingerprint density at radius 3 is 2.95 bits per heavy atom. The van der Waals surface area contributed by atoms with Crippen LogP contribution >= 0.6 is 27.3 Å². The average Bonchev–Trinajstić information content (AvgIpc) is 2.78. The second-order valence-corrected chi connectivity index (χ2v) is 5.30. The average molecular weight is 342 g/mol. The van der Waals surface area contributed by atoms with E-state index in [0.717, 1.165) is 15.9 Å². The zero-order chi connectivity index (χ0) is 13.4. The van der Waals surface area contributed by atoms with Crippen LogP contribution in [-0.4, -0.2) is 14.6 Å². The smallest absolute Gasteiger partial charge is 0.299 e. The van der Waals surface area contributed by atoms with E-state index in [-0.39, 0.29) is 16.6 Å². The first-order chi connectivity index (χ1) is 9.13. The van der Waals surface area contributed by atoms with E-state index in [9.17, 15) is 9.18 Å². The van der Waals surface area contributed by atoms with Gasteiger partial charge in [-0.1, -0.05) is 0 Å². The lowest BCUT2D eigenvalue weighted by Crippen LogP contribution is -2.12. The topological polar surface area (TPSA) is 56.5 Å². The predicted octanol–water partition coefficient (Wildman–Crippen LogP) is 2.84. The summed E-state index contributed by atoms with van der Waals surface area (Å²) in [6.07, 6.45) is 1.41. The molecule has 0 amide bonds. The number of aromatic nitrogens is 3. The van der Waals surface area contributed by atoms with Gasteiger partial charge in [0, 0.05) is 12.3 Å². The maximum Gasteiger partial charge on any atom is 0.299 e. The molecule has 0 N–H and O–H groups in total. The van der Waals surface area contributed by atoms with Crippen molar-refractivity contribution in [3.8, 4) is 10.9 Å². The monoisotopic (exact) mass is 341 g/mol. The summed E-state index contributed by atoms with van der Waals surface area (Å²) in [5.74, 6) is 0.0370. The summed E-state index contributed by atoms with van der Waals surface area (Å²) in [4.78, 5) is 15.9. The van der Waals surface area contributed by atoms with Crippen LogP contribution in [0.15, 0.2) is 39.7 Å². The third-order valence-corrected chi connectivity index (χ3v) is 3.66. The summed E-state index contributed by atoms with van der Waals surface area (Å²) in [7, 11) is 0. The second-order valence-electron chi connectivity index (χ2n) is 3.52. The van der Waals surface area contributed by atoms with E-state index in [1.54, 1.807) is 0 Å². The van der Waals surface area contributed by atoms with Gasteiger partial charge in [-0.25, -0.2) is 9.37 Å². The molecule has 0 unspecified atom stereocenters. The molecule has 3 rings (SSSR count). The van der Waals surface area contributed by atoms with Crippen molar-refractivity contribution in [2.24, 2.45) is 0 Å². The van der Waals surface area contributed by atoms with Crippen LogP contribution in [0, 0.1) is 5.82 Å². The van der Waals surface area contributed by atoms with Crippen LogP contribution in [0.2, 0.25) is 0 Å². The minimum absolute atomic E-state index is 0.259. The molecular weight excluding hydrogens is 337 g/mol. The molecule has 0 saturated carbocycles. The summed E-state index contributed by atoms with van der Waals surface area (Å²) >= 11 is 4.19. The van der Waals surface area contributed by atoms with E-state index in [1.165, 1.54) is 30.5 Å². The molecule has 0 saturated heterocycles. The van der Waals surface area contributed by atoms with E-state index in [2.05, 4.69) is 26.0 Å². The van der Waals surface area contributed by atoms with Gasteiger partial charge in [0.25, 0.3) is 10.8 Å². The van der Waals surface area contributed by atoms with Gasteiger partial charge < -0.3 is 4.74 Å². The summed E-state index contributed by atoms with van der Waals surface area (Å²) in [5, 5.41) is 4.25. The number of ether oxygens (including phenoxy) is 1. The van der Waals surface area contributed by atoms with Crippen LogP contribution in [-0.2, 0) is 0 Å². The molecule has 19 heavy (non-hydrogen) atoms. The number of rotatable bonds is 2. The molecule has 3 aromatic rings. The van der Waals surface area contributed by atoms with Gasteiger partial charge in [0.2, 0.25) is 4.96 Å². The van der Waals surface area contributed by atoms with Crippen LogP contribution < -0.4 is 10.3 Å². The highest BCUT2D eigenvalue weighted by Gasteiger charge is 2.09. The quantitative estimate of drug-likeness (QED) is 0.719. The summed E-state index contributed by atoms with van der Waals surface area (Å²) in [5.41, 5.74) is -0.281. The van der Waals surface area contributed by atoms with E-state index < -0.39 is 0 Å². The molecule has 0 fully saturated rings. The number of hydrogen-bond donors (Lipinski definition) is 0. The van der Waals surface area contributed by atoms with Gasteiger partial charge in [0.1, 0.15) is 11.6 Å². The SMILES string of the molecule is O=c1ccnc2sc(Oc3ccc(F)c(Br)c3)nn12. The molecular formula is C11H5BrFN3O2S. The molecule has 1 aromatic carbocycles. The highest BCUT2D eigenvalue weighted by Crippen LogP contribution is 2.28. The van der Waals surface area contributed by atoms with Crippen LogP contribution in [0.5, 0.6) is 10.9 Å². The first-order valence-corrected chi connectivity index (χ1v) is 6.72. The molecule has 0 spiro atoms. The van der Waals surface area contributed by atoms with Crippen LogP contribution in [0.3, 0.4) is 0 Å². The Morgan fingerprint density at radius 1 is 1.37 bits per heavy atom. The Bertz CT molecular complexity index is 817. The Kier molecular flexibility index (Phi) is 3.03. The number of nitrogens with zero attached hydrogens (tertiary/aromatic N) is 3. The molecule has 0 aliphatic rings. The fourth-order valence-corrected chi connectivity index (χ4v) is 2.51. The molecule has 8 heteroatoms. The summed E-state index contributed by atoms with van der Waals surface area (Å²) in [6.45, 7) is 0.